The van der Waals surface area contributed by atoms with Gasteiger partial charge in [-0.1, -0.05) is 27.8 Å². The van der Waals surface area contributed by atoms with E-state index in [0.29, 0.717) is 11.8 Å². The quantitative estimate of drug-likeness (QED) is 0.402. The van der Waals surface area contributed by atoms with Gasteiger partial charge in [0.2, 0.25) is 0 Å². The molecule has 1 N–H and O–H groups in total. The van der Waals surface area contributed by atoms with E-state index in [1.165, 1.54) is 12.1 Å². The summed E-state index contributed by atoms with van der Waals surface area (Å²) in [5.74, 6) is 4.19. The Kier molecular flexibility index (Phi) is 4.67. The van der Waals surface area contributed by atoms with Gasteiger partial charge in [0.1, 0.15) is 5.56 Å². The zero-order chi connectivity index (χ0) is 12.8. The molecule has 0 saturated carbocycles. The Bertz CT molecular complexity index is 516. The van der Waals surface area contributed by atoms with Crippen molar-refractivity contribution >= 4 is 27.6 Å². The first-order valence-electron chi connectivity index (χ1n) is 4.63. The van der Waals surface area contributed by atoms with Gasteiger partial charge in [-0.3, -0.25) is 10.1 Å². The van der Waals surface area contributed by atoms with Gasteiger partial charge in [-0.05, 0) is 12.1 Å². The standard InChI is InChI=1S/C11H8BrNO4/c12-6-2-1-3-8-4-5-9(11(14)15)7-10(8)13(16)17/h4-5,7H,2,6H2,(H,14,15). The number of nitro benzene ring substituents is 1. The summed E-state index contributed by atoms with van der Waals surface area (Å²) in [6, 6.07) is 3.66. The molecule has 88 valence electrons. The van der Waals surface area contributed by atoms with E-state index >= 15 is 0 Å². The Morgan fingerprint density at radius 1 is 1.53 bits per heavy atom. The fraction of sp³-hybridized carbons (Fsp3) is 0.182. The number of hydrogen-bond donors (Lipinski definition) is 1. The Balaban J connectivity index is 3.19. The van der Waals surface area contributed by atoms with Crippen LogP contribution in [0.25, 0.3) is 0 Å². The molecule has 0 atom stereocenters. The molecule has 0 bridgehead atoms. The molecule has 1 rings (SSSR count). The summed E-state index contributed by atoms with van der Waals surface area (Å²) in [6.07, 6.45) is 0.567. The monoisotopic (exact) mass is 297 g/mol. The summed E-state index contributed by atoms with van der Waals surface area (Å²) in [5.41, 5.74) is -0.185. The third-order valence-corrected chi connectivity index (χ3v) is 2.28. The largest absolute Gasteiger partial charge is 0.478 e. The van der Waals surface area contributed by atoms with E-state index in [9.17, 15) is 14.9 Å². The summed E-state index contributed by atoms with van der Waals surface area (Å²) < 4.78 is 0. The Morgan fingerprint density at radius 3 is 2.76 bits per heavy atom. The van der Waals surface area contributed by atoms with Gasteiger partial charge < -0.3 is 5.11 Å². The lowest BCUT2D eigenvalue weighted by atomic mass is 10.1. The minimum atomic E-state index is -1.20. The molecule has 6 heteroatoms. The van der Waals surface area contributed by atoms with Crippen LogP contribution in [0.1, 0.15) is 22.3 Å². The molecule has 0 heterocycles. The first-order valence-corrected chi connectivity index (χ1v) is 5.75. The van der Waals surface area contributed by atoms with Crippen molar-refractivity contribution in [1.29, 1.82) is 0 Å². The van der Waals surface area contributed by atoms with Gasteiger partial charge in [0.25, 0.3) is 5.69 Å². The number of benzene rings is 1. The van der Waals surface area contributed by atoms with Gasteiger partial charge in [-0.25, -0.2) is 4.79 Å². The number of aromatic carboxylic acids is 1. The maximum absolute atomic E-state index is 10.8. The van der Waals surface area contributed by atoms with Crippen molar-refractivity contribution in [2.24, 2.45) is 0 Å². The van der Waals surface area contributed by atoms with Crippen LogP contribution < -0.4 is 0 Å². The summed E-state index contributed by atoms with van der Waals surface area (Å²) in [5, 5.41) is 20.2. The fourth-order valence-corrected chi connectivity index (χ4v) is 1.32. The smallest absolute Gasteiger partial charge is 0.335 e. The highest BCUT2D eigenvalue weighted by Gasteiger charge is 2.15. The zero-order valence-corrected chi connectivity index (χ0v) is 10.2. The van der Waals surface area contributed by atoms with Crippen molar-refractivity contribution in [3.8, 4) is 11.8 Å². The second-order valence-electron chi connectivity index (χ2n) is 3.03. The zero-order valence-electron chi connectivity index (χ0n) is 8.64. The van der Waals surface area contributed by atoms with Crippen LogP contribution in [0, 0.1) is 22.0 Å². The molecule has 0 saturated heterocycles. The molecule has 0 aliphatic carbocycles. The van der Waals surface area contributed by atoms with Crippen molar-refractivity contribution in [2.75, 3.05) is 5.33 Å². The summed E-state index contributed by atoms with van der Waals surface area (Å²) in [6.45, 7) is 0. The number of hydrogen-bond acceptors (Lipinski definition) is 3. The Labute approximate surface area is 106 Å². The fourth-order valence-electron chi connectivity index (χ4n) is 1.13. The summed E-state index contributed by atoms with van der Waals surface area (Å²) >= 11 is 3.19. The molecule has 0 aliphatic heterocycles. The van der Waals surface area contributed by atoms with E-state index in [-0.39, 0.29) is 16.8 Å². The number of nitrogens with zero attached hydrogens (tertiary/aromatic N) is 1. The summed E-state index contributed by atoms with van der Waals surface area (Å²) in [4.78, 5) is 20.8. The number of rotatable bonds is 3. The minimum absolute atomic E-state index is 0.122. The van der Waals surface area contributed by atoms with E-state index in [1.807, 2.05) is 0 Å². The highest BCUT2D eigenvalue weighted by Crippen LogP contribution is 2.19. The lowest BCUT2D eigenvalue weighted by Crippen LogP contribution is -1.99. The third-order valence-electron chi connectivity index (χ3n) is 1.88. The van der Waals surface area contributed by atoms with Crippen LogP contribution in [0.2, 0.25) is 0 Å². The molecule has 0 spiro atoms. The van der Waals surface area contributed by atoms with Crippen LogP contribution in [-0.4, -0.2) is 21.3 Å². The average Bonchev–Trinajstić information content (AvgIpc) is 2.29. The van der Waals surface area contributed by atoms with Crippen LogP contribution in [0.15, 0.2) is 18.2 Å². The van der Waals surface area contributed by atoms with Crippen molar-refractivity contribution < 1.29 is 14.8 Å². The van der Waals surface area contributed by atoms with Crippen molar-refractivity contribution in [3.05, 3.63) is 39.4 Å². The first kappa shape index (κ1) is 13.2. The van der Waals surface area contributed by atoms with E-state index in [0.717, 1.165) is 6.07 Å². The van der Waals surface area contributed by atoms with Crippen LogP contribution >= 0.6 is 15.9 Å². The van der Waals surface area contributed by atoms with Gasteiger partial charge in [-0.15, -0.1) is 0 Å². The summed E-state index contributed by atoms with van der Waals surface area (Å²) in [7, 11) is 0. The van der Waals surface area contributed by atoms with E-state index in [4.69, 9.17) is 5.11 Å². The second kappa shape index (κ2) is 6.01. The lowest BCUT2D eigenvalue weighted by Gasteiger charge is -1.97. The molecule has 0 aromatic heterocycles. The predicted molar refractivity (Wildman–Crippen MR) is 65.3 cm³/mol. The van der Waals surface area contributed by atoms with Crippen molar-refractivity contribution in [3.63, 3.8) is 0 Å². The predicted octanol–water partition coefficient (Wildman–Crippen LogP) is 2.43. The van der Waals surface area contributed by atoms with E-state index in [2.05, 4.69) is 27.8 Å². The highest BCUT2D eigenvalue weighted by molar-refractivity contribution is 9.09. The number of carboxylic acids is 1. The van der Waals surface area contributed by atoms with E-state index < -0.39 is 10.9 Å². The Hall–Kier alpha value is -1.87. The van der Waals surface area contributed by atoms with Gasteiger partial charge in [0.15, 0.2) is 0 Å². The number of halogens is 1. The van der Waals surface area contributed by atoms with Gasteiger partial charge in [-0.2, -0.15) is 0 Å². The molecule has 0 radical (unpaired) electrons. The minimum Gasteiger partial charge on any atom is -0.478 e. The molecule has 5 nitrogen and oxygen atoms in total. The SMILES string of the molecule is O=C(O)c1ccc(C#CCCBr)c([N+](=O)[O-])c1. The van der Waals surface area contributed by atoms with Crippen LogP contribution in [0.3, 0.4) is 0 Å². The number of alkyl halides is 1. The lowest BCUT2D eigenvalue weighted by molar-refractivity contribution is -0.385. The van der Waals surface area contributed by atoms with Gasteiger partial charge in [0.05, 0.1) is 10.5 Å². The first-order chi connectivity index (χ1) is 8.06. The number of carboxylic acid groups (broad SMARTS) is 1. The second-order valence-corrected chi connectivity index (χ2v) is 3.83. The Morgan fingerprint density at radius 2 is 2.24 bits per heavy atom. The molecule has 0 amide bonds. The molecule has 1 aromatic carbocycles. The topological polar surface area (TPSA) is 80.4 Å². The number of nitro groups is 1. The van der Waals surface area contributed by atoms with Crippen LogP contribution in [-0.2, 0) is 0 Å². The molecule has 0 aliphatic rings. The maximum Gasteiger partial charge on any atom is 0.335 e. The third kappa shape index (κ3) is 3.57. The van der Waals surface area contributed by atoms with Crippen molar-refractivity contribution in [2.45, 2.75) is 6.42 Å². The molecule has 0 unspecified atom stereocenters. The highest BCUT2D eigenvalue weighted by atomic mass is 79.9. The maximum atomic E-state index is 10.8. The van der Waals surface area contributed by atoms with E-state index in [1.54, 1.807) is 0 Å². The molecule has 1 aromatic rings. The van der Waals surface area contributed by atoms with Crippen molar-refractivity contribution in [1.82, 2.24) is 0 Å². The van der Waals surface area contributed by atoms with Gasteiger partial charge >= 0.3 is 5.97 Å². The van der Waals surface area contributed by atoms with Crippen LogP contribution in [0.4, 0.5) is 5.69 Å². The molecule has 0 fully saturated rings. The average molecular weight is 298 g/mol. The molecular weight excluding hydrogens is 290 g/mol. The number of carbonyl (C=O) groups is 1. The molecule has 17 heavy (non-hydrogen) atoms. The molecular formula is C11H8BrNO4. The van der Waals surface area contributed by atoms with Crippen LogP contribution in [0.5, 0.6) is 0 Å². The van der Waals surface area contributed by atoms with Gasteiger partial charge in [0, 0.05) is 17.8 Å². The normalized spacial score (nSPS) is 9.24.